The quantitative estimate of drug-likeness (QED) is 0.337. The van der Waals surface area contributed by atoms with Gasteiger partial charge in [0, 0.05) is 23.5 Å². The second-order valence-corrected chi connectivity index (χ2v) is 10.5. The zero-order chi connectivity index (χ0) is 25.7. The highest BCUT2D eigenvalue weighted by Crippen LogP contribution is 2.34. The standard InChI is InChI=1S/C30H34N2O3S/c1-5-16-31(30(34)25-9-7-6-8-22(25)4)19-29(33)32-17-14-28-26(15-18-36-28)27(32)20-35-24-12-10-23(11-13-24)21(2)3/h5-13,15,18,21,27H,1,14,16-17,19-20H2,2-4H3/t27-/m0/s1. The Kier molecular flexibility index (Phi) is 8.26. The molecule has 0 unspecified atom stereocenters. The third kappa shape index (κ3) is 5.71. The van der Waals surface area contributed by atoms with Crippen LogP contribution in [0, 0.1) is 6.92 Å². The van der Waals surface area contributed by atoms with Gasteiger partial charge in [-0.3, -0.25) is 9.59 Å². The zero-order valence-electron chi connectivity index (χ0n) is 21.3. The summed E-state index contributed by atoms with van der Waals surface area (Å²) in [5, 5.41) is 2.08. The summed E-state index contributed by atoms with van der Waals surface area (Å²) in [5.74, 6) is 1.00. The van der Waals surface area contributed by atoms with Crippen molar-refractivity contribution in [3.05, 3.63) is 99.8 Å². The fourth-order valence-corrected chi connectivity index (χ4v) is 5.54. The predicted octanol–water partition coefficient (Wildman–Crippen LogP) is 6.01. The van der Waals surface area contributed by atoms with Crippen LogP contribution in [0.25, 0.3) is 0 Å². The Morgan fingerprint density at radius 2 is 1.92 bits per heavy atom. The summed E-state index contributed by atoms with van der Waals surface area (Å²) in [4.78, 5) is 31.6. The van der Waals surface area contributed by atoms with Crippen LogP contribution in [0.5, 0.6) is 5.75 Å². The number of fused-ring (bicyclic) bond motifs is 1. The van der Waals surface area contributed by atoms with Crippen LogP contribution in [-0.2, 0) is 11.2 Å². The van der Waals surface area contributed by atoms with Gasteiger partial charge in [-0.1, -0.05) is 50.3 Å². The van der Waals surface area contributed by atoms with E-state index in [9.17, 15) is 9.59 Å². The lowest BCUT2D eigenvalue weighted by Gasteiger charge is -2.37. The van der Waals surface area contributed by atoms with E-state index in [0.29, 0.717) is 31.2 Å². The predicted molar refractivity (Wildman–Crippen MR) is 146 cm³/mol. The van der Waals surface area contributed by atoms with E-state index < -0.39 is 0 Å². The van der Waals surface area contributed by atoms with Crippen LogP contribution in [-0.4, -0.2) is 47.9 Å². The summed E-state index contributed by atoms with van der Waals surface area (Å²) >= 11 is 1.72. The van der Waals surface area contributed by atoms with Gasteiger partial charge in [-0.25, -0.2) is 0 Å². The van der Waals surface area contributed by atoms with Crippen LogP contribution in [0.2, 0.25) is 0 Å². The molecule has 2 heterocycles. The number of carbonyl (C=O) groups is 2. The number of benzene rings is 2. The van der Waals surface area contributed by atoms with E-state index in [1.165, 1.54) is 10.4 Å². The summed E-state index contributed by atoms with van der Waals surface area (Å²) in [7, 11) is 0. The molecule has 1 aromatic heterocycles. The first-order valence-corrected chi connectivity index (χ1v) is 13.3. The van der Waals surface area contributed by atoms with E-state index >= 15 is 0 Å². The van der Waals surface area contributed by atoms with Crippen molar-refractivity contribution in [2.24, 2.45) is 0 Å². The number of nitrogens with zero attached hydrogens (tertiary/aromatic N) is 2. The van der Waals surface area contributed by atoms with Gasteiger partial charge in [-0.15, -0.1) is 17.9 Å². The Labute approximate surface area is 218 Å². The highest BCUT2D eigenvalue weighted by atomic mass is 32.1. The number of rotatable bonds is 9. The molecular weight excluding hydrogens is 468 g/mol. The molecule has 3 aromatic rings. The average Bonchev–Trinajstić information content (AvgIpc) is 3.36. The molecule has 5 nitrogen and oxygen atoms in total. The molecule has 0 radical (unpaired) electrons. The molecule has 0 aliphatic carbocycles. The number of carbonyl (C=O) groups excluding carboxylic acids is 2. The second kappa shape index (κ2) is 11.6. The molecule has 36 heavy (non-hydrogen) atoms. The summed E-state index contributed by atoms with van der Waals surface area (Å²) in [6.45, 7) is 11.3. The van der Waals surface area contributed by atoms with Gasteiger partial charge in [0.25, 0.3) is 5.91 Å². The van der Waals surface area contributed by atoms with Crippen molar-refractivity contribution < 1.29 is 14.3 Å². The van der Waals surface area contributed by atoms with Crippen molar-refractivity contribution in [3.8, 4) is 5.75 Å². The first kappa shape index (κ1) is 25.7. The van der Waals surface area contributed by atoms with E-state index in [0.717, 1.165) is 23.3 Å². The summed E-state index contributed by atoms with van der Waals surface area (Å²) in [6, 6.07) is 17.5. The molecule has 0 spiro atoms. The first-order valence-electron chi connectivity index (χ1n) is 12.4. The molecule has 0 saturated carbocycles. The van der Waals surface area contributed by atoms with Gasteiger partial charge < -0.3 is 14.5 Å². The van der Waals surface area contributed by atoms with Gasteiger partial charge in [0.15, 0.2) is 0 Å². The minimum Gasteiger partial charge on any atom is -0.491 e. The molecule has 1 aliphatic heterocycles. The maximum atomic E-state index is 13.6. The van der Waals surface area contributed by atoms with Crippen molar-refractivity contribution in [1.82, 2.24) is 9.80 Å². The number of aryl methyl sites for hydroxylation is 1. The molecule has 2 aromatic carbocycles. The minimum atomic E-state index is -0.198. The smallest absolute Gasteiger partial charge is 0.254 e. The number of thiophene rings is 1. The third-order valence-electron chi connectivity index (χ3n) is 6.71. The van der Waals surface area contributed by atoms with Crippen molar-refractivity contribution in [2.75, 3.05) is 26.2 Å². The molecule has 1 atom stereocenters. The van der Waals surface area contributed by atoms with Crippen LogP contribution < -0.4 is 4.74 Å². The van der Waals surface area contributed by atoms with Crippen LogP contribution in [0.4, 0.5) is 0 Å². The lowest BCUT2D eigenvalue weighted by atomic mass is 10.00. The third-order valence-corrected chi connectivity index (χ3v) is 7.70. The summed E-state index contributed by atoms with van der Waals surface area (Å²) < 4.78 is 6.19. The normalized spacial score (nSPS) is 14.9. The van der Waals surface area contributed by atoms with E-state index in [1.807, 2.05) is 42.2 Å². The van der Waals surface area contributed by atoms with Crippen LogP contribution >= 0.6 is 11.3 Å². The van der Waals surface area contributed by atoms with E-state index in [4.69, 9.17) is 4.74 Å². The van der Waals surface area contributed by atoms with Gasteiger partial charge in [-0.2, -0.15) is 0 Å². The highest BCUT2D eigenvalue weighted by molar-refractivity contribution is 7.10. The highest BCUT2D eigenvalue weighted by Gasteiger charge is 2.33. The topological polar surface area (TPSA) is 49.9 Å². The molecule has 4 rings (SSSR count). The van der Waals surface area contributed by atoms with Gasteiger partial charge in [0.2, 0.25) is 5.91 Å². The fourth-order valence-electron chi connectivity index (χ4n) is 4.61. The number of hydrogen-bond donors (Lipinski definition) is 0. The maximum absolute atomic E-state index is 13.6. The molecular formula is C30H34N2O3S. The Morgan fingerprint density at radius 3 is 2.61 bits per heavy atom. The van der Waals surface area contributed by atoms with Crippen LogP contribution in [0.3, 0.4) is 0 Å². The van der Waals surface area contributed by atoms with Gasteiger partial charge >= 0.3 is 0 Å². The molecule has 0 bridgehead atoms. The van der Waals surface area contributed by atoms with E-state index in [-0.39, 0.29) is 24.4 Å². The molecule has 0 fully saturated rings. The minimum absolute atomic E-state index is 0.00174. The maximum Gasteiger partial charge on any atom is 0.254 e. The Bertz CT molecular complexity index is 1210. The van der Waals surface area contributed by atoms with Crippen molar-refractivity contribution >= 4 is 23.2 Å². The second-order valence-electron chi connectivity index (χ2n) is 9.48. The van der Waals surface area contributed by atoms with E-state index in [2.05, 4.69) is 44.0 Å². The van der Waals surface area contributed by atoms with Gasteiger partial charge in [-0.05, 0) is 65.6 Å². The summed E-state index contributed by atoms with van der Waals surface area (Å²) in [6.07, 6.45) is 2.48. The van der Waals surface area contributed by atoms with Gasteiger partial charge in [0.1, 0.15) is 18.9 Å². The first-order chi connectivity index (χ1) is 17.4. The largest absolute Gasteiger partial charge is 0.491 e. The molecule has 188 valence electrons. The Balaban J connectivity index is 1.51. The molecule has 1 aliphatic rings. The molecule has 0 N–H and O–H groups in total. The van der Waals surface area contributed by atoms with Crippen molar-refractivity contribution in [3.63, 3.8) is 0 Å². The van der Waals surface area contributed by atoms with E-state index in [1.54, 1.807) is 28.4 Å². The molecule has 2 amide bonds. The Morgan fingerprint density at radius 1 is 1.17 bits per heavy atom. The lowest BCUT2D eigenvalue weighted by molar-refractivity contribution is -0.135. The lowest BCUT2D eigenvalue weighted by Crippen LogP contribution is -2.48. The zero-order valence-corrected chi connectivity index (χ0v) is 22.1. The van der Waals surface area contributed by atoms with Crippen LogP contribution in [0.15, 0.2) is 72.6 Å². The van der Waals surface area contributed by atoms with Crippen molar-refractivity contribution in [2.45, 2.75) is 39.2 Å². The fraction of sp³-hybridized carbons (Fsp3) is 0.333. The van der Waals surface area contributed by atoms with Crippen molar-refractivity contribution in [1.29, 1.82) is 0 Å². The Hall–Kier alpha value is -3.38. The number of hydrogen-bond acceptors (Lipinski definition) is 4. The number of amides is 2. The number of ether oxygens (including phenoxy) is 1. The van der Waals surface area contributed by atoms with Crippen LogP contribution in [0.1, 0.15) is 57.7 Å². The molecule has 0 saturated heterocycles. The van der Waals surface area contributed by atoms with Gasteiger partial charge in [0.05, 0.1) is 6.04 Å². The monoisotopic (exact) mass is 502 g/mol. The SMILES string of the molecule is C=CCN(CC(=O)N1CCc2sccc2[C@@H]1COc1ccc(C(C)C)cc1)C(=O)c1ccccc1C. The summed E-state index contributed by atoms with van der Waals surface area (Å²) in [5.41, 5.74) is 3.90. The molecule has 6 heteroatoms. The average molecular weight is 503 g/mol.